The van der Waals surface area contributed by atoms with Gasteiger partial charge in [-0.15, -0.1) is 6.58 Å². The molecule has 0 bridgehead atoms. The van der Waals surface area contributed by atoms with E-state index in [1.165, 1.54) is 6.08 Å². The maximum atomic E-state index is 9.11. The zero-order valence-corrected chi connectivity index (χ0v) is 7.17. The first-order valence-corrected chi connectivity index (χ1v) is 3.51. The van der Waals surface area contributed by atoms with Gasteiger partial charge >= 0.3 is 0 Å². The number of nitrogens with zero attached hydrogens (tertiary/aromatic N) is 1. The first-order chi connectivity index (χ1) is 5.33. The van der Waals surface area contributed by atoms with Gasteiger partial charge in [0.1, 0.15) is 0 Å². The van der Waals surface area contributed by atoms with E-state index in [1.54, 1.807) is 13.0 Å². The van der Waals surface area contributed by atoms with Crippen molar-refractivity contribution in [3.05, 3.63) is 12.7 Å². The molecule has 0 N–H and O–H groups in total. The fourth-order valence-electron chi connectivity index (χ4n) is 0.0645. The van der Waals surface area contributed by atoms with Crippen molar-refractivity contribution in [2.75, 3.05) is 19.8 Å². The summed E-state index contributed by atoms with van der Waals surface area (Å²) in [5.41, 5.74) is 0. The summed E-state index contributed by atoms with van der Waals surface area (Å²) in [4.78, 5) is 12.3. The Balaban J connectivity index is 0. The quantitative estimate of drug-likeness (QED) is 0.251. The zero-order chi connectivity index (χ0) is 8.95. The van der Waals surface area contributed by atoms with Crippen LogP contribution < -0.4 is 0 Å². The molecular formula is C8H15NO2. The third-order valence-corrected chi connectivity index (χ3v) is 0.427. The number of ether oxygens (including phenoxy) is 1. The lowest BCUT2D eigenvalue weighted by molar-refractivity contribution is 0.475. The average molecular weight is 157 g/mol. The highest BCUT2D eigenvalue weighted by atomic mass is 16.6. The van der Waals surface area contributed by atoms with Gasteiger partial charge in [0.05, 0.1) is 13.2 Å². The van der Waals surface area contributed by atoms with Crippen LogP contribution in [0.15, 0.2) is 17.6 Å². The third kappa shape index (κ3) is 105. The van der Waals surface area contributed by atoms with Crippen LogP contribution >= 0.6 is 0 Å². The molecule has 0 radical (unpaired) electrons. The van der Waals surface area contributed by atoms with Gasteiger partial charge in [-0.05, 0) is 13.8 Å². The molecule has 1 saturated heterocycles. The summed E-state index contributed by atoms with van der Waals surface area (Å²) < 4.78 is 4.50. The van der Waals surface area contributed by atoms with Crippen LogP contribution in [0.1, 0.15) is 13.8 Å². The van der Waals surface area contributed by atoms with Crippen LogP contribution in [0.4, 0.5) is 0 Å². The molecule has 1 aliphatic heterocycles. The summed E-state index contributed by atoms with van der Waals surface area (Å²) in [6.07, 6.45) is 3.14. The molecule has 1 rings (SSSR count). The maximum Gasteiger partial charge on any atom is 0.234 e. The standard InChI is InChI=1S/C3H5NO.C3H6.C2H4O/c1-2-4-3-5;1-3-2;1-2-3-1/h2H2,1H3;3H,1H2,2H3;1-2H2. The number of hydrogen-bond donors (Lipinski definition) is 0. The Kier molecular flexibility index (Phi) is 18.6. The van der Waals surface area contributed by atoms with E-state index < -0.39 is 0 Å². The van der Waals surface area contributed by atoms with Crippen molar-refractivity contribution in [1.29, 1.82) is 0 Å². The largest absolute Gasteiger partial charge is 0.377 e. The Bertz CT molecular complexity index is 113. The van der Waals surface area contributed by atoms with Crippen molar-refractivity contribution in [1.82, 2.24) is 0 Å². The van der Waals surface area contributed by atoms with Gasteiger partial charge < -0.3 is 4.74 Å². The number of aliphatic imine (C=N–C) groups is 1. The van der Waals surface area contributed by atoms with Crippen molar-refractivity contribution in [2.24, 2.45) is 4.99 Å². The summed E-state index contributed by atoms with van der Waals surface area (Å²) in [5.74, 6) is 0. The van der Waals surface area contributed by atoms with Gasteiger partial charge in [-0.2, -0.15) is 0 Å². The topological polar surface area (TPSA) is 42.0 Å². The molecule has 0 unspecified atom stereocenters. The van der Waals surface area contributed by atoms with E-state index in [2.05, 4.69) is 16.3 Å². The molecule has 0 aromatic rings. The molecule has 3 heteroatoms. The van der Waals surface area contributed by atoms with Gasteiger partial charge in [0.25, 0.3) is 0 Å². The lowest BCUT2D eigenvalue weighted by atomic mass is 10.8. The summed E-state index contributed by atoms with van der Waals surface area (Å²) in [6.45, 7) is 9.58. The number of hydrogen-bond acceptors (Lipinski definition) is 3. The van der Waals surface area contributed by atoms with E-state index in [0.717, 1.165) is 13.2 Å². The SMILES string of the molecule is C1CO1.C=CC.CCN=C=O. The highest BCUT2D eigenvalue weighted by Crippen LogP contribution is 1.84. The summed E-state index contributed by atoms with van der Waals surface area (Å²) in [5, 5.41) is 0. The number of isocyanates is 1. The van der Waals surface area contributed by atoms with Crippen LogP contribution in [0, 0.1) is 0 Å². The molecule has 0 amide bonds. The predicted octanol–water partition coefficient (Wildman–Crippen LogP) is 1.55. The average Bonchev–Trinajstić information content (AvgIpc) is 2.75. The van der Waals surface area contributed by atoms with E-state index in [0.29, 0.717) is 6.54 Å². The molecule has 0 atom stereocenters. The number of epoxide rings is 1. The molecule has 0 aromatic heterocycles. The molecular weight excluding hydrogens is 142 g/mol. The number of allylic oxidation sites excluding steroid dienone is 1. The predicted molar refractivity (Wildman–Crippen MR) is 45.4 cm³/mol. The van der Waals surface area contributed by atoms with Gasteiger partial charge in [0.15, 0.2) is 0 Å². The second-order valence-corrected chi connectivity index (χ2v) is 1.59. The van der Waals surface area contributed by atoms with Crippen LogP contribution in [0.2, 0.25) is 0 Å². The highest BCUT2D eigenvalue weighted by molar-refractivity contribution is 5.32. The lowest BCUT2D eigenvalue weighted by Crippen LogP contribution is -1.58. The van der Waals surface area contributed by atoms with Crippen molar-refractivity contribution >= 4 is 6.08 Å². The van der Waals surface area contributed by atoms with Crippen LogP contribution in [0.25, 0.3) is 0 Å². The summed E-state index contributed by atoms with van der Waals surface area (Å²) >= 11 is 0. The van der Waals surface area contributed by atoms with Crippen LogP contribution in [0.3, 0.4) is 0 Å². The van der Waals surface area contributed by atoms with Gasteiger partial charge in [-0.3, -0.25) is 0 Å². The van der Waals surface area contributed by atoms with Crippen LogP contribution in [-0.2, 0) is 9.53 Å². The second kappa shape index (κ2) is 16.0. The molecule has 0 saturated carbocycles. The second-order valence-electron chi connectivity index (χ2n) is 1.59. The first-order valence-electron chi connectivity index (χ1n) is 3.51. The summed E-state index contributed by atoms with van der Waals surface area (Å²) in [6, 6.07) is 0. The first kappa shape index (κ1) is 12.7. The normalized spacial score (nSPS) is 10.4. The van der Waals surface area contributed by atoms with Crippen molar-refractivity contribution in [2.45, 2.75) is 13.8 Å². The highest BCUT2D eigenvalue weighted by Gasteiger charge is 1.94. The molecule has 1 aliphatic rings. The minimum atomic E-state index is 0.545. The van der Waals surface area contributed by atoms with E-state index in [4.69, 9.17) is 4.79 Å². The van der Waals surface area contributed by atoms with Crippen molar-refractivity contribution in [3.8, 4) is 0 Å². The van der Waals surface area contributed by atoms with E-state index >= 15 is 0 Å². The lowest BCUT2D eigenvalue weighted by Gasteiger charge is -1.58. The van der Waals surface area contributed by atoms with E-state index in [-0.39, 0.29) is 0 Å². The van der Waals surface area contributed by atoms with Gasteiger partial charge in [-0.1, -0.05) is 6.08 Å². The molecule has 3 nitrogen and oxygen atoms in total. The Labute approximate surface area is 67.8 Å². The van der Waals surface area contributed by atoms with Gasteiger partial charge in [0.2, 0.25) is 6.08 Å². The molecule has 0 aliphatic carbocycles. The zero-order valence-electron chi connectivity index (χ0n) is 7.17. The molecule has 1 heterocycles. The van der Waals surface area contributed by atoms with E-state index in [9.17, 15) is 0 Å². The minimum Gasteiger partial charge on any atom is -0.377 e. The number of carbonyl (C=O) groups excluding carboxylic acids is 1. The Hall–Kier alpha value is -0.920. The van der Waals surface area contributed by atoms with Crippen molar-refractivity contribution in [3.63, 3.8) is 0 Å². The Morgan fingerprint density at radius 3 is 2.09 bits per heavy atom. The molecule has 11 heavy (non-hydrogen) atoms. The monoisotopic (exact) mass is 157 g/mol. The smallest absolute Gasteiger partial charge is 0.234 e. The van der Waals surface area contributed by atoms with E-state index in [1.807, 2.05) is 6.92 Å². The summed E-state index contributed by atoms with van der Waals surface area (Å²) in [7, 11) is 0. The fourth-order valence-corrected chi connectivity index (χ4v) is 0.0645. The van der Waals surface area contributed by atoms with Crippen molar-refractivity contribution < 1.29 is 9.53 Å². The van der Waals surface area contributed by atoms with Crippen LogP contribution in [-0.4, -0.2) is 25.8 Å². The molecule has 1 fully saturated rings. The fraction of sp³-hybridized carbons (Fsp3) is 0.625. The van der Waals surface area contributed by atoms with Gasteiger partial charge in [0, 0.05) is 6.54 Å². The van der Waals surface area contributed by atoms with Crippen LogP contribution in [0.5, 0.6) is 0 Å². The maximum absolute atomic E-state index is 9.11. The Morgan fingerprint density at radius 1 is 1.73 bits per heavy atom. The van der Waals surface area contributed by atoms with Gasteiger partial charge in [-0.25, -0.2) is 9.79 Å². The Morgan fingerprint density at radius 2 is 2.09 bits per heavy atom. The number of rotatable bonds is 1. The molecule has 64 valence electrons. The molecule has 0 spiro atoms. The third-order valence-electron chi connectivity index (χ3n) is 0.427. The minimum absolute atomic E-state index is 0.545. The molecule has 0 aromatic carbocycles.